The second-order valence-corrected chi connectivity index (χ2v) is 6.77. The van der Waals surface area contributed by atoms with Crippen LogP contribution in [0.4, 0.5) is 5.69 Å². The van der Waals surface area contributed by atoms with Crippen LogP contribution >= 0.6 is 0 Å². The molecule has 7 heteroatoms. The van der Waals surface area contributed by atoms with Crippen molar-refractivity contribution >= 4 is 15.5 Å². The molecule has 0 fully saturated rings. The molecule has 0 aliphatic rings. The van der Waals surface area contributed by atoms with Crippen molar-refractivity contribution in [2.45, 2.75) is 18.4 Å². The van der Waals surface area contributed by atoms with Crippen molar-refractivity contribution < 1.29 is 8.42 Å². The number of hydrogen-bond donors (Lipinski definition) is 0. The summed E-state index contributed by atoms with van der Waals surface area (Å²) in [6.45, 7) is 2.14. The number of anilines is 1. The molecule has 108 valence electrons. The molecule has 0 unspecified atom stereocenters. The first-order chi connectivity index (χ1) is 9.45. The molecule has 0 radical (unpaired) electrons. The second kappa shape index (κ2) is 5.62. The maximum Gasteiger partial charge on any atom is 0.180 e. The van der Waals surface area contributed by atoms with Crippen LogP contribution in [-0.4, -0.2) is 36.0 Å². The highest BCUT2D eigenvalue weighted by atomic mass is 32.2. The SMILES string of the molecule is CCS(=O)(=O)c1ccccc1N(C)Cc1ncnn1C. The van der Waals surface area contributed by atoms with Crippen molar-refractivity contribution in [2.24, 2.45) is 7.05 Å². The fraction of sp³-hybridized carbons (Fsp3) is 0.385. The van der Waals surface area contributed by atoms with Gasteiger partial charge in [-0.15, -0.1) is 0 Å². The van der Waals surface area contributed by atoms with E-state index in [1.165, 1.54) is 6.33 Å². The molecular formula is C13H18N4O2S. The van der Waals surface area contributed by atoms with Crippen LogP contribution in [0.25, 0.3) is 0 Å². The van der Waals surface area contributed by atoms with Gasteiger partial charge in [0.15, 0.2) is 9.84 Å². The zero-order valence-corrected chi connectivity index (χ0v) is 12.6. The Morgan fingerprint density at radius 3 is 2.60 bits per heavy atom. The molecule has 1 heterocycles. The number of sulfone groups is 1. The van der Waals surface area contributed by atoms with E-state index in [9.17, 15) is 8.42 Å². The van der Waals surface area contributed by atoms with Crippen LogP contribution in [-0.2, 0) is 23.4 Å². The molecule has 0 amide bonds. The zero-order valence-electron chi connectivity index (χ0n) is 11.8. The van der Waals surface area contributed by atoms with E-state index in [-0.39, 0.29) is 5.75 Å². The first-order valence-electron chi connectivity index (χ1n) is 6.31. The van der Waals surface area contributed by atoms with Gasteiger partial charge >= 0.3 is 0 Å². The third kappa shape index (κ3) is 2.82. The second-order valence-electron chi connectivity index (χ2n) is 4.53. The normalized spacial score (nSPS) is 11.6. The predicted octanol–water partition coefficient (Wildman–Crippen LogP) is 1.25. The number of nitrogens with zero attached hydrogens (tertiary/aromatic N) is 4. The third-order valence-electron chi connectivity index (χ3n) is 3.18. The predicted molar refractivity (Wildman–Crippen MR) is 77.3 cm³/mol. The summed E-state index contributed by atoms with van der Waals surface area (Å²) in [5.41, 5.74) is 0.678. The fourth-order valence-electron chi connectivity index (χ4n) is 1.95. The fourth-order valence-corrected chi connectivity index (χ4v) is 3.09. The minimum atomic E-state index is -3.25. The Morgan fingerprint density at radius 2 is 2.00 bits per heavy atom. The largest absolute Gasteiger partial charge is 0.366 e. The number of rotatable bonds is 5. The van der Waals surface area contributed by atoms with E-state index < -0.39 is 9.84 Å². The van der Waals surface area contributed by atoms with Gasteiger partial charge in [0.2, 0.25) is 0 Å². The van der Waals surface area contributed by atoms with E-state index in [2.05, 4.69) is 10.1 Å². The molecule has 0 aliphatic carbocycles. The summed E-state index contributed by atoms with van der Waals surface area (Å²) in [6, 6.07) is 7.01. The Bertz CT molecular complexity index is 694. The van der Waals surface area contributed by atoms with Crippen molar-refractivity contribution in [3.05, 3.63) is 36.4 Å². The molecule has 20 heavy (non-hydrogen) atoms. The van der Waals surface area contributed by atoms with Crippen LogP contribution in [0, 0.1) is 0 Å². The highest BCUT2D eigenvalue weighted by molar-refractivity contribution is 7.91. The van der Waals surface area contributed by atoms with Crippen LogP contribution in [0.15, 0.2) is 35.5 Å². The summed E-state index contributed by atoms with van der Waals surface area (Å²) in [4.78, 5) is 6.38. The first-order valence-corrected chi connectivity index (χ1v) is 7.96. The van der Waals surface area contributed by atoms with E-state index in [1.807, 2.05) is 25.1 Å². The van der Waals surface area contributed by atoms with Gasteiger partial charge in [-0.25, -0.2) is 13.4 Å². The van der Waals surface area contributed by atoms with Crippen molar-refractivity contribution in [2.75, 3.05) is 17.7 Å². The molecule has 1 aromatic carbocycles. The van der Waals surface area contributed by atoms with Crippen LogP contribution in [0.5, 0.6) is 0 Å². The molecule has 0 bridgehead atoms. The molecule has 2 aromatic rings. The smallest absolute Gasteiger partial charge is 0.180 e. The van der Waals surface area contributed by atoms with Gasteiger partial charge in [-0.3, -0.25) is 4.68 Å². The lowest BCUT2D eigenvalue weighted by Crippen LogP contribution is -2.21. The van der Waals surface area contributed by atoms with Gasteiger partial charge in [0, 0.05) is 14.1 Å². The first kappa shape index (κ1) is 14.5. The van der Waals surface area contributed by atoms with E-state index >= 15 is 0 Å². The van der Waals surface area contributed by atoms with Gasteiger partial charge in [-0.1, -0.05) is 19.1 Å². The molecule has 1 aromatic heterocycles. The quantitative estimate of drug-likeness (QED) is 0.830. The van der Waals surface area contributed by atoms with E-state index in [1.54, 1.807) is 29.8 Å². The number of para-hydroxylation sites is 1. The standard InChI is InChI=1S/C13H18N4O2S/c1-4-20(18,19)12-8-6-5-7-11(12)16(2)9-13-14-10-15-17(13)3/h5-8,10H,4,9H2,1-3H3. The maximum atomic E-state index is 12.1. The van der Waals surface area contributed by atoms with Gasteiger partial charge in [0.05, 0.1) is 22.9 Å². The third-order valence-corrected chi connectivity index (χ3v) is 4.95. The average Bonchev–Trinajstić information content (AvgIpc) is 2.84. The highest BCUT2D eigenvalue weighted by Gasteiger charge is 2.19. The lowest BCUT2D eigenvalue weighted by atomic mass is 10.3. The molecule has 0 saturated heterocycles. The van der Waals surface area contributed by atoms with Gasteiger partial charge in [0.1, 0.15) is 12.2 Å². The Balaban J connectivity index is 2.36. The van der Waals surface area contributed by atoms with Crippen molar-refractivity contribution in [3.8, 4) is 0 Å². The summed E-state index contributed by atoms with van der Waals surface area (Å²) in [6.07, 6.45) is 1.48. The maximum absolute atomic E-state index is 12.1. The van der Waals surface area contributed by atoms with E-state index in [4.69, 9.17) is 0 Å². The molecule has 0 aliphatic heterocycles. The molecule has 0 spiro atoms. The monoisotopic (exact) mass is 294 g/mol. The van der Waals surface area contributed by atoms with Crippen molar-refractivity contribution in [1.82, 2.24) is 14.8 Å². The van der Waals surface area contributed by atoms with Gasteiger partial charge in [-0.2, -0.15) is 5.10 Å². The Labute approximate surface area is 119 Å². The van der Waals surface area contributed by atoms with Gasteiger partial charge in [-0.05, 0) is 12.1 Å². The van der Waals surface area contributed by atoms with Crippen LogP contribution < -0.4 is 4.90 Å². The summed E-state index contributed by atoms with van der Waals surface area (Å²) >= 11 is 0. The average molecular weight is 294 g/mol. The zero-order chi connectivity index (χ0) is 14.8. The Kier molecular flexibility index (Phi) is 4.08. The molecule has 0 atom stereocenters. The van der Waals surface area contributed by atoms with Gasteiger partial charge < -0.3 is 4.90 Å². The lowest BCUT2D eigenvalue weighted by Gasteiger charge is -2.21. The minimum Gasteiger partial charge on any atom is -0.366 e. The Morgan fingerprint density at radius 1 is 1.30 bits per heavy atom. The molecule has 2 rings (SSSR count). The van der Waals surface area contributed by atoms with Crippen molar-refractivity contribution in [1.29, 1.82) is 0 Å². The number of aryl methyl sites for hydroxylation is 1. The molecule has 0 saturated carbocycles. The van der Waals surface area contributed by atoms with Crippen LogP contribution in [0.2, 0.25) is 0 Å². The van der Waals surface area contributed by atoms with E-state index in [0.717, 1.165) is 5.82 Å². The summed E-state index contributed by atoms with van der Waals surface area (Å²) < 4.78 is 25.9. The number of aromatic nitrogens is 3. The molecule has 0 N–H and O–H groups in total. The topological polar surface area (TPSA) is 68.1 Å². The molecular weight excluding hydrogens is 276 g/mol. The van der Waals surface area contributed by atoms with E-state index in [0.29, 0.717) is 17.1 Å². The minimum absolute atomic E-state index is 0.0851. The summed E-state index contributed by atoms with van der Waals surface area (Å²) in [7, 11) is 0.409. The van der Waals surface area contributed by atoms with Crippen LogP contribution in [0.3, 0.4) is 0 Å². The molecule has 6 nitrogen and oxygen atoms in total. The van der Waals surface area contributed by atoms with Gasteiger partial charge in [0.25, 0.3) is 0 Å². The highest BCUT2D eigenvalue weighted by Crippen LogP contribution is 2.25. The summed E-state index contributed by atoms with van der Waals surface area (Å²) in [5, 5.41) is 4.01. The Hall–Kier alpha value is -1.89. The van der Waals surface area contributed by atoms with Crippen LogP contribution in [0.1, 0.15) is 12.7 Å². The van der Waals surface area contributed by atoms with Crippen molar-refractivity contribution in [3.63, 3.8) is 0 Å². The lowest BCUT2D eigenvalue weighted by molar-refractivity contribution is 0.596. The summed E-state index contributed by atoms with van der Waals surface area (Å²) in [5.74, 6) is 0.859. The number of hydrogen-bond acceptors (Lipinski definition) is 5. The number of benzene rings is 1.